The van der Waals surface area contributed by atoms with Gasteiger partial charge in [0.15, 0.2) is 0 Å². The van der Waals surface area contributed by atoms with Crippen LogP contribution in [0.4, 0.5) is 4.79 Å². The van der Waals surface area contributed by atoms with Crippen molar-refractivity contribution >= 4 is 16.8 Å². The third-order valence-electron chi connectivity index (χ3n) is 4.95. The maximum Gasteiger partial charge on any atom is 0.318 e. The molecule has 132 valence electrons. The molecule has 1 fully saturated rings. The van der Waals surface area contributed by atoms with Crippen LogP contribution in [0.15, 0.2) is 54.7 Å². The summed E-state index contributed by atoms with van der Waals surface area (Å²) in [5, 5.41) is 5.46. The van der Waals surface area contributed by atoms with E-state index in [9.17, 15) is 4.79 Å². The second kappa shape index (κ2) is 7.12. The third-order valence-corrected chi connectivity index (χ3v) is 4.95. The Morgan fingerprint density at radius 2 is 2.04 bits per heavy atom. The Bertz CT molecular complexity index is 935. The molecule has 0 bridgehead atoms. The molecule has 1 aliphatic heterocycles. The summed E-state index contributed by atoms with van der Waals surface area (Å²) >= 11 is 0. The van der Waals surface area contributed by atoms with E-state index >= 15 is 0 Å². The molecule has 5 heteroatoms. The van der Waals surface area contributed by atoms with Crippen LogP contribution in [0, 0.1) is 6.92 Å². The highest BCUT2D eigenvalue weighted by Gasteiger charge is 2.30. The van der Waals surface area contributed by atoms with Gasteiger partial charge >= 0.3 is 6.03 Å². The number of nitrogens with one attached hydrogen (secondary N) is 1. The van der Waals surface area contributed by atoms with Crippen molar-refractivity contribution in [2.45, 2.75) is 32.4 Å². The predicted molar refractivity (Wildman–Crippen MR) is 102 cm³/mol. The number of aromatic nitrogens is 2. The normalized spacial score (nSPS) is 16.8. The van der Waals surface area contributed by atoms with Crippen LogP contribution in [0.1, 0.15) is 36.0 Å². The molecule has 1 N–H and O–H groups in total. The molecule has 0 spiro atoms. The first kappa shape index (κ1) is 16.5. The third kappa shape index (κ3) is 3.25. The standard InChI is InChI=1S/C21H22N4O/c1-15-22-12-11-17(24-15)14-23-21(26)25-13-5-10-20(25)19-9-4-7-16-6-2-3-8-18(16)19/h2-4,6-9,11-12,20H,5,10,13-14H2,1H3,(H,23,26). The summed E-state index contributed by atoms with van der Waals surface area (Å²) in [6.45, 7) is 3.05. The Hall–Kier alpha value is -2.95. The number of benzene rings is 2. The topological polar surface area (TPSA) is 58.1 Å². The lowest BCUT2D eigenvalue weighted by Gasteiger charge is -2.26. The molecule has 0 radical (unpaired) electrons. The first-order valence-corrected chi connectivity index (χ1v) is 9.03. The zero-order chi connectivity index (χ0) is 17.9. The molecule has 2 amide bonds. The second-order valence-electron chi connectivity index (χ2n) is 6.67. The number of urea groups is 1. The van der Waals surface area contributed by atoms with E-state index in [1.807, 2.05) is 17.9 Å². The summed E-state index contributed by atoms with van der Waals surface area (Å²) in [5.41, 5.74) is 2.06. The minimum atomic E-state index is -0.0308. The Kier molecular flexibility index (Phi) is 4.52. The van der Waals surface area contributed by atoms with Crippen molar-refractivity contribution in [3.63, 3.8) is 0 Å². The van der Waals surface area contributed by atoms with E-state index in [0.29, 0.717) is 12.4 Å². The smallest absolute Gasteiger partial charge is 0.318 e. The highest BCUT2D eigenvalue weighted by atomic mass is 16.2. The van der Waals surface area contributed by atoms with E-state index in [1.54, 1.807) is 6.20 Å². The predicted octanol–water partition coefficient (Wildman–Crippen LogP) is 3.98. The average molecular weight is 346 g/mol. The van der Waals surface area contributed by atoms with Gasteiger partial charge in [0, 0.05) is 12.7 Å². The maximum absolute atomic E-state index is 12.8. The first-order valence-electron chi connectivity index (χ1n) is 9.03. The highest BCUT2D eigenvalue weighted by molar-refractivity contribution is 5.87. The van der Waals surface area contributed by atoms with Crippen molar-refractivity contribution in [3.8, 4) is 0 Å². The molecule has 2 heterocycles. The van der Waals surface area contributed by atoms with Crippen molar-refractivity contribution in [1.29, 1.82) is 0 Å². The Morgan fingerprint density at radius 1 is 1.19 bits per heavy atom. The van der Waals surface area contributed by atoms with Gasteiger partial charge < -0.3 is 10.2 Å². The van der Waals surface area contributed by atoms with Gasteiger partial charge in [-0.25, -0.2) is 14.8 Å². The van der Waals surface area contributed by atoms with E-state index < -0.39 is 0 Å². The molecule has 1 aromatic heterocycles. The number of rotatable bonds is 3. The van der Waals surface area contributed by atoms with Crippen LogP contribution in [0.5, 0.6) is 0 Å². The highest BCUT2D eigenvalue weighted by Crippen LogP contribution is 2.35. The molecular formula is C21H22N4O. The van der Waals surface area contributed by atoms with Crippen LogP contribution in [0.25, 0.3) is 10.8 Å². The van der Waals surface area contributed by atoms with Gasteiger partial charge in [0.05, 0.1) is 18.3 Å². The van der Waals surface area contributed by atoms with Gasteiger partial charge in [0.2, 0.25) is 0 Å². The van der Waals surface area contributed by atoms with E-state index in [2.05, 4.69) is 57.7 Å². The Balaban J connectivity index is 1.53. The molecule has 0 aliphatic carbocycles. The lowest BCUT2D eigenvalue weighted by molar-refractivity contribution is 0.192. The van der Waals surface area contributed by atoms with Gasteiger partial charge in [0.25, 0.3) is 0 Å². The molecule has 4 rings (SSSR count). The summed E-state index contributed by atoms with van der Waals surface area (Å²) < 4.78 is 0. The van der Waals surface area contributed by atoms with Crippen LogP contribution >= 0.6 is 0 Å². The van der Waals surface area contributed by atoms with Gasteiger partial charge in [-0.3, -0.25) is 0 Å². The van der Waals surface area contributed by atoms with Gasteiger partial charge in [-0.05, 0) is 42.2 Å². The van der Waals surface area contributed by atoms with Crippen molar-refractivity contribution in [2.75, 3.05) is 6.54 Å². The first-order chi connectivity index (χ1) is 12.7. The average Bonchev–Trinajstić information content (AvgIpc) is 3.15. The van der Waals surface area contributed by atoms with Gasteiger partial charge in [-0.1, -0.05) is 42.5 Å². The van der Waals surface area contributed by atoms with Gasteiger partial charge in [0.1, 0.15) is 5.82 Å². The quantitative estimate of drug-likeness (QED) is 0.780. The summed E-state index contributed by atoms with van der Waals surface area (Å²) in [6, 6.07) is 16.6. The molecule has 0 saturated carbocycles. The van der Waals surface area contributed by atoms with Gasteiger partial charge in [-0.2, -0.15) is 0 Å². The van der Waals surface area contributed by atoms with E-state index in [1.165, 1.54) is 16.3 Å². The summed E-state index contributed by atoms with van der Waals surface area (Å²) in [4.78, 5) is 23.2. The number of hydrogen-bond acceptors (Lipinski definition) is 3. The fourth-order valence-corrected chi connectivity index (χ4v) is 3.75. The van der Waals surface area contributed by atoms with Crippen LogP contribution in [-0.2, 0) is 6.54 Å². The Morgan fingerprint density at radius 3 is 2.92 bits per heavy atom. The minimum Gasteiger partial charge on any atom is -0.332 e. The van der Waals surface area contributed by atoms with Gasteiger partial charge in [-0.15, -0.1) is 0 Å². The summed E-state index contributed by atoms with van der Waals surface area (Å²) in [5.74, 6) is 0.714. The fraction of sp³-hybridized carbons (Fsp3) is 0.286. The number of hydrogen-bond donors (Lipinski definition) is 1. The molecule has 1 aliphatic rings. The summed E-state index contributed by atoms with van der Waals surface area (Å²) in [7, 11) is 0. The van der Waals surface area contributed by atoms with E-state index in [4.69, 9.17) is 0 Å². The largest absolute Gasteiger partial charge is 0.332 e. The molecule has 1 saturated heterocycles. The Labute approximate surface area is 153 Å². The number of likely N-dealkylation sites (tertiary alicyclic amines) is 1. The zero-order valence-corrected chi connectivity index (χ0v) is 14.9. The van der Waals surface area contributed by atoms with Crippen molar-refractivity contribution < 1.29 is 4.79 Å². The number of amides is 2. The molecule has 26 heavy (non-hydrogen) atoms. The van der Waals surface area contributed by atoms with Crippen LogP contribution in [0.3, 0.4) is 0 Å². The van der Waals surface area contributed by atoms with E-state index in [-0.39, 0.29) is 12.1 Å². The minimum absolute atomic E-state index is 0.0308. The SMILES string of the molecule is Cc1nccc(CNC(=O)N2CCCC2c2cccc3ccccc23)n1. The molecule has 2 aromatic carbocycles. The van der Waals surface area contributed by atoms with Crippen molar-refractivity contribution in [2.24, 2.45) is 0 Å². The number of nitrogens with zero attached hydrogens (tertiary/aromatic N) is 3. The van der Waals surface area contributed by atoms with Crippen LogP contribution < -0.4 is 5.32 Å². The number of carbonyl (C=O) groups excluding carboxylic acids is 1. The lowest BCUT2D eigenvalue weighted by Crippen LogP contribution is -2.39. The maximum atomic E-state index is 12.8. The fourth-order valence-electron chi connectivity index (χ4n) is 3.75. The number of carbonyl (C=O) groups is 1. The zero-order valence-electron chi connectivity index (χ0n) is 14.9. The van der Waals surface area contributed by atoms with E-state index in [0.717, 1.165) is 25.1 Å². The monoisotopic (exact) mass is 346 g/mol. The molecule has 5 nitrogen and oxygen atoms in total. The number of fused-ring (bicyclic) bond motifs is 1. The molecule has 1 atom stereocenters. The van der Waals surface area contributed by atoms with Crippen molar-refractivity contribution in [1.82, 2.24) is 20.2 Å². The van der Waals surface area contributed by atoms with Crippen molar-refractivity contribution in [3.05, 3.63) is 71.8 Å². The van der Waals surface area contributed by atoms with Crippen LogP contribution in [-0.4, -0.2) is 27.4 Å². The lowest BCUT2D eigenvalue weighted by atomic mass is 9.97. The summed E-state index contributed by atoms with van der Waals surface area (Å²) in [6.07, 6.45) is 3.74. The molecule has 1 unspecified atom stereocenters. The molecular weight excluding hydrogens is 324 g/mol. The van der Waals surface area contributed by atoms with Crippen LogP contribution in [0.2, 0.25) is 0 Å². The molecule has 3 aromatic rings. The number of aryl methyl sites for hydroxylation is 1. The second-order valence-corrected chi connectivity index (χ2v) is 6.67.